The first kappa shape index (κ1) is 10.7. The fourth-order valence-electron chi connectivity index (χ4n) is 2.60. The number of aliphatic hydroxyl groups excluding tert-OH is 1. The Labute approximate surface area is 91.1 Å². The van der Waals surface area contributed by atoms with Crippen molar-refractivity contribution in [1.29, 1.82) is 0 Å². The third kappa shape index (κ3) is 2.23. The van der Waals surface area contributed by atoms with Crippen molar-refractivity contribution in [3.63, 3.8) is 0 Å². The lowest BCUT2D eigenvalue weighted by atomic mass is 9.84. The second-order valence-electron chi connectivity index (χ2n) is 4.68. The van der Waals surface area contributed by atoms with Crippen molar-refractivity contribution < 1.29 is 5.11 Å². The van der Waals surface area contributed by atoms with Crippen LogP contribution in [0.3, 0.4) is 0 Å². The molecule has 3 heteroatoms. The molecule has 1 saturated carbocycles. The van der Waals surface area contributed by atoms with Crippen molar-refractivity contribution in [3.05, 3.63) is 17.5 Å². The number of hydrogen-bond donors (Lipinski definition) is 1. The van der Waals surface area contributed by atoms with Crippen LogP contribution >= 0.6 is 0 Å². The minimum absolute atomic E-state index is 0.323. The van der Waals surface area contributed by atoms with E-state index in [4.69, 9.17) is 0 Å². The van der Waals surface area contributed by atoms with Crippen molar-refractivity contribution in [1.82, 2.24) is 9.78 Å². The van der Waals surface area contributed by atoms with E-state index in [0.29, 0.717) is 5.92 Å². The van der Waals surface area contributed by atoms with Gasteiger partial charge in [0.05, 0.1) is 17.5 Å². The van der Waals surface area contributed by atoms with E-state index in [0.717, 1.165) is 24.2 Å². The van der Waals surface area contributed by atoms with E-state index in [1.54, 1.807) is 0 Å². The molecule has 3 nitrogen and oxygen atoms in total. The lowest BCUT2D eigenvalue weighted by Gasteiger charge is -2.26. The molecular formula is C12H20N2O. The predicted octanol–water partition coefficient (Wildman–Crippen LogP) is 2.34. The Kier molecular flexibility index (Phi) is 3.10. The minimum atomic E-state index is -0.323. The van der Waals surface area contributed by atoms with Crippen molar-refractivity contribution in [2.75, 3.05) is 0 Å². The standard InChI is InChI=1S/C12H20N2O/c1-9-8-11(14(2)13-9)12(15)10-6-4-3-5-7-10/h8,10,12,15H,3-7H2,1-2H3. The van der Waals surface area contributed by atoms with Crippen molar-refractivity contribution in [2.24, 2.45) is 13.0 Å². The van der Waals surface area contributed by atoms with Gasteiger partial charge >= 0.3 is 0 Å². The summed E-state index contributed by atoms with van der Waals surface area (Å²) >= 11 is 0. The van der Waals surface area contributed by atoms with Gasteiger partial charge in [-0.3, -0.25) is 4.68 Å². The fourth-order valence-corrected chi connectivity index (χ4v) is 2.60. The van der Waals surface area contributed by atoms with Crippen LogP contribution in [-0.4, -0.2) is 14.9 Å². The number of nitrogens with zero attached hydrogens (tertiary/aromatic N) is 2. The average molecular weight is 208 g/mol. The van der Waals surface area contributed by atoms with Gasteiger partial charge in [-0.1, -0.05) is 19.3 Å². The Morgan fingerprint density at radius 1 is 1.40 bits per heavy atom. The van der Waals surface area contributed by atoms with E-state index in [2.05, 4.69) is 5.10 Å². The summed E-state index contributed by atoms with van der Waals surface area (Å²) in [5, 5.41) is 14.6. The predicted molar refractivity (Wildman–Crippen MR) is 59.5 cm³/mol. The molecule has 2 rings (SSSR count). The second kappa shape index (κ2) is 4.35. The summed E-state index contributed by atoms with van der Waals surface area (Å²) in [6, 6.07) is 2.00. The van der Waals surface area contributed by atoms with Crippen molar-refractivity contribution >= 4 is 0 Å². The zero-order valence-corrected chi connectivity index (χ0v) is 9.61. The molecule has 0 radical (unpaired) electrons. The summed E-state index contributed by atoms with van der Waals surface area (Å²) in [4.78, 5) is 0. The van der Waals surface area contributed by atoms with E-state index in [9.17, 15) is 5.11 Å². The summed E-state index contributed by atoms with van der Waals surface area (Å²) in [7, 11) is 1.91. The molecule has 1 heterocycles. The lowest BCUT2D eigenvalue weighted by molar-refractivity contribution is 0.0777. The summed E-state index contributed by atoms with van der Waals surface area (Å²) in [6.45, 7) is 1.97. The number of hydrogen-bond acceptors (Lipinski definition) is 2. The number of rotatable bonds is 2. The molecule has 0 aromatic carbocycles. The summed E-state index contributed by atoms with van der Waals surface area (Å²) < 4.78 is 1.81. The van der Waals surface area contributed by atoms with Gasteiger partial charge in [-0.2, -0.15) is 5.10 Å². The highest BCUT2D eigenvalue weighted by atomic mass is 16.3. The summed E-state index contributed by atoms with van der Waals surface area (Å²) in [5.41, 5.74) is 1.96. The van der Waals surface area contributed by atoms with E-state index in [1.807, 2.05) is 24.7 Å². The van der Waals surface area contributed by atoms with Gasteiger partial charge in [0.15, 0.2) is 0 Å². The van der Waals surface area contributed by atoms with Gasteiger partial charge in [-0.15, -0.1) is 0 Å². The molecular weight excluding hydrogens is 188 g/mol. The van der Waals surface area contributed by atoms with Gasteiger partial charge in [-0.05, 0) is 31.7 Å². The van der Waals surface area contributed by atoms with Crippen LogP contribution in [0.15, 0.2) is 6.07 Å². The zero-order valence-electron chi connectivity index (χ0n) is 9.61. The average Bonchev–Trinajstić information content (AvgIpc) is 2.58. The SMILES string of the molecule is Cc1cc(C(O)C2CCCCC2)n(C)n1. The number of aromatic nitrogens is 2. The molecule has 1 aliphatic rings. The Morgan fingerprint density at radius 3 is 2.60 bits per heavy atom. The van der Waals surface area contributed by atoms with Gasteiger partial charge in [-0.25, -0.2) is 0 Å². The Bertz CT molecular complexity index is 326. The Balaban J connectivity index is 2.12. The van der Waals surface area contributed by atoms with Crippen LogP contribution in [0.2, 0.25) is 0 Å². The van der Waals surface area contributed by atoms with E-state index in [1.165, 1.54) is 19.3 Å². The largest absolute Gasteiger partial charge is 0.387 e. The second-order valence-corrected chi connectivity index (χ2v) is 4.68. The molecule has 84 valence electrons. The van der Waals surface area contributed by atoms with Crippen LogP contribution in [0.1, 0.15) is 49.6 Å². The zero-order chi connectivity index (χ0) is 10.8. The smallest absolute Gasteiger partial charge is 0.0984 e. The summed E-state index contributed by atoms with van der Waals surface area (Å²) in [5.74, 6) is 0.438. The van der Waals surface area contributed by atoms with Gasteiger partial charge in [0.1, 0.15) is 0 Å². The van der Waals surface area contributed by atoms with Crippen LogP contribution in [-0.2, 0) is 7.05 Å². The van der Waals surface area contributed by atoms with E-state index >= 15 is 0 Å². The van der Waals surface area contributed by atoms with Gasteiger partial charge in [0, 0.05) is 7.05 Å². The molecule has 0 bridgehead atoms. The number of aliphatic hydroxyl groups is 1. The molecule has 1 fully saturated rings. The monoisotopic (exact) mass is 208 g/mol. The first-order chi connectivity index (χ1) is 7.18. The highest BCUT2D eigenvalue weighted by Crippen LogP contribution is 2.34. The molecule has 15 heavy (non-hydrogen) atoms. The Hall–Kier alpha value is -0.830. The quantitative estimate of drug-likeness (QED) is 0.810. The molecule has 1 aliphatic carbocycles. The molecule has 0 amide bonds. The molecule has 0 saturated heterocycles. The van der Waals surface area contributed by atoms with Crippen LogP contribution < -0.4 is 0 Å². The van der Waals surface area contributed by atoms with Crippen molar-refractivity contribution in [3.8, 4) is 0 Å². The maximum Gasteiger partial charge on any atom is 0.0984 e. The molecule has 1 aromatic rings. The highest BCUT2D eigenvalue weighted by Gasteiger charge is 2.25. The third-order valence-corrected chi connectivity index (χ3v) is 3.44. The third-order valence-electron chi connectivity index (χ3n) is 3.44. The van der Waals surface area contributed by atoms with Crippen LogP contribution in [0.4, 0.5) is 0 Å². The fraction of sp³-hybridized carbons (Fsp3) is 0.750. The van der Waals surface area contributed by atoms with Gasteiger partial charge < -0.3 is 5.11 Å². The molecule has 1 unspecified atom stereocenters. The first-order valence-electron chi connectivity index (χ1n) is 5.87. The number of aryl methyl sites for hydroxylation is 2. The molecule has 1 N–H and O–H groups in total. The molecule has 1 aromatic heterocycles. The summed E-state index contributed by atoms with van der Waals surface area (Å²) in [6.07, 6.45) is 5.85. The van der Waals surface area contributed by atoms with Crippen LogP contribution in [0.5, 0.6) is 0 Å². The lowest BCUT2D eigenvalue weighted by Crippen LogP contribution is -2.18. The first-order valence-corrected chi connectivity index (χ1v) is 5.87. The normalized spacial score (nSPS) is 20.5. The molecule has 0 spiro atoms. The van der Waals surface area contributed by atoms with Crippen LogP contribution in [0, 0.1) is 12.8 Å². The van der Waals surface area contributed by atoms with E-state index < -0.39 is 0 Å². The van der Waals surface area contributed by atoms with E-state index in [-0.39, 0.29) is 6.10 Å². The van der Waals surface area contributed by atoms with Gasteiger partial charge in [0.2, 0.25) is 0 Å². The minimum Gasteiger partial charge on any atom is -0.387 e. The highest BCUT2D eigenvalue weighted by molar-refractivity contribution is 5.12. The van der Waals surface area contributed by atoms with Gasteiger partial charge in [0.25, 0.3) is 0 Å². The van der Waals surface area contributed by atoms with Crippen LogP contribution in [0.25, 0.3) is 0 Å². The maximum atomic E-state index is 10.3. The maximum absolute atomic E-state index is 10.3. The van der Waals surface area contributed by atoms with Crippen molar-refractivity contribution in [2.45, 2.75) is 45.1 Å². The molecule has 1 atom stereocenters. The topological polar surface area (TPSA) is 38.0 Å². The molecule has 0 aliphatic heterocycles. The Morgan fingerprint density at radius 2 is 2.07 bits per heavy atom.